The molecular formula is C14H11N3O2. The normalized spacial score (nSPS) is 10.5. The Balaban J connectivity index is 1.71. The van der Waals surface area contributed by atoms with Crippen LogP contribution in [0.1, 0.15) is 16.1 Å². The zero-order valence-electron chi connectivity index (χ0n) is 10.0. The number of carbonyl (C=O) groups is 1. The summed E-state index contributed by atoms with van der Waals surface area (Å²) >= 11 is 0. The van der Waals surface area contributed by atoms with Crippen molar-refractivity contribution >= 4 is 17.0 Å². The number of hydrogen-bond donors (Lipinski definition) is 1. The van der Waals surface area contributed by atoms with Gasteiger partial charge in [-0.2, -0.15) is 0 Å². The van der Waals surface area contributed by atoms with E-state index in [1.165, 1.54) is 6.33 Å². The monoisotopic (exact) mass is 253 g/mol. The largest absolute Gasteiger partial charge is 0.456 e. The quantitative estimate of drug-likeness (QED) is 0.727. The van der Waals surface area contributed by atoms with Crippen LogP contribution in [0, 0.1) is 0 Å². The third kappa shape index (κ3) is 2.44. The van der Waals surface area contributed by atoms with Crippen molar-refractivity contribution in [1.29, 1.82) is 0 Å². The number of aromatic amines is 1. The van der Waals surface area contributed by atoms with E-state index in [4.69, 9.17) is 4.74 Å². The molecule has 19 heavy (non-hydrogen) atoms. The fraction of sp³-hybridized carbons (Fsp3) is 0.0714. The summed E-state index contributed by atoms with van der Waals surface area (Å²) < 4.78 is 5.23. The molecule has 0 saturated carbocycles. The maximum atomic E-state index is 11.8. The highest BCUT2D eigenvalue weighted by Gasteiger charge is 2.08. The number of fused-ring (bicyclic) bond motifs is 1. The lowest BCUT2D eigenvalue weighted by Crippen LogP contribution is -2.04. The Hall–Kier alpha value is -2.69. The van der Waals surface area contributed by atoms with Crippen LogP contribution in [0.2, 0.25) is 0 Å². The van der Waals surface area contributed by atoms with Gasteiger partial charge in [0.1, 0.15) is 18.6 Å². The zero-order valence-corrected chi connectivity index (χ0v) is 10.0. The van der Waals surface area contributed by atoms with Gasteiger partial charge in [0.15, 0.2) is 0 Å². The SMILES string of the molecule is O=C(OCc1cc2cncnc2[nH]1)c1ccccc1. The van der Waals surface area contributed by atoms with Gasteiger partial charge in [0.25, 0.3) is 0 Å². The minimum Gasteiger partial charge on any atom is -0.456 e. The first kappa shape index (κ1) is 11.4. The molecule has 5 heteroatoms. The Kier molecular flexibility index (Phi) is 2.94. The Morgan fingerprint density at radius 1 is 1.26 bits per heavy atom. The third-order valence-corrected chi connectivity index (χ3v) is 2.72. The van der Waals surface area contributed by atoms with Gasteiger partial charge >= 0.3 is 5.97 Å². The van der Waals surface area contributed by atoms with Crippen molar-refractivity contribution in [3.8, 4) is 0 Å². The van der Waals surface area contributed by atoms with E-state index in [1.54, 1.807) is 30.5 Å². The molecular weight excluding hydrogens is 242 g/mol. The summed E-state index contributed by atoms with van der Waals surface area (Å²) in [5.74, 6) is -0.342. The lowest BCUT2D eigenvalue weighted by atomic mass is 10.2. The number of benzene rings is 1. The number of nitrogens with zero attached hydrogens (tertiary/aromatic N) is 2. The summed E-state index contributed by atoms with van der Waals surface area (Å²) in [5, 5.41) is 0.897. The zero-order chi connectivity index (χ0) is 13.1. The van der Waals surface area contributed by atoms with Crippen LogP contribution in [-0.2, 0) is 11.3 Å². The van der Waals surface area contributed by atoms with E-state index in [0.717, 1.165) is 16.7 Å². The molecule has 2 aromatic heterocycles. The van der Waals surface area contributed by atoms with Crippen LogP contribution in [0.5, 0.6) is 0 Å². The average Bonchev–Trinajstić information content (AvgIpc) is 2.88. The van der Waals surface area contributed by atoms with Gasteiger partial charge in [-0.05, 0) is 18.2 Å². The summed E-state index contributed by atoms with van der Waals surface area (Å²) in [6, 6.07) is 10.8. The third-order valence-electron chi connectivity index (χ3n) is 2.72. The van der Waals surface area contributed by atoms with Gasteiger partial charge in [-0.1, -0.05) is 18.2 Å². The van der Waals surface area contributed by atoms with E-state index in [0.29, 0.717) is 5.56 Å². The molecule has 0 aliphatic carbocycles. The first-order chi connectivity index (χ1) is 9.33. The summed E-state index contributed by atoms with van der Waals surface area (Å²) in [4.78, 5) is 22.9. The van der Waals surface area contributed by atoms with Crippen molar-refractivity contribution in [3.05, 3.63) is 60.2 Å². The van der Waals surface area contributed by atoms with Crippen LogP contribution in [0.4, 0.5) is 0 Å². The second-order valence-corrected chi connectivity index (χ2v) is 4.06. The molecule has 0 radical (unpaired) electrons. The maximum absolute atomic E-state index is 11.8. The molecule has 0 saturated heterocycles. The minimum absolute atomic E-state index is 0.185. The minimum atomic E-state index is -0.342. The molecule has 1 N–H and O–H groups in total. The van der Waals surface area contributed by atoms with Crippen LogP contribution in [-0.4, -0.2) is 20.9 Å². The van der Waals surface area contributed by atoms with Crippen LogP contribution in [0.15, 0.2) is 48.9 Å². The molecule has 0 atom stereocenters. The molecule has 0 unspecified atom stereocenters. The highest BCUT2D eigenvalue weighted by molar-refractivity contribution is 5.89. The number of ether oxygens (including phenoxy) is 1. The topological polar surface area (TPSA) is 67.9 Å². The number of aromatic nitrogens is 3. The number of nitrogens with one attached hydrogen (secondary N) is 1. The fourth-order valence-electron chi connectivity index (χ4n) is 1.80. The number of carbonyl (C=O) groups excluding carboxylic acids is 1. The van der Waals surface area contributed by atoms with E-state index in [9.17, 15) is 4.79 Å². The molecule has 3 rings (SSSR count). The molecule has 0 aliphatic heterocycles. The van der Waals surface area contributed by atoms with Gasteiger partial charge in [0, 0.05) is 11.6 Å². The van der Waals surface area contributed by atoms with E-state index in [-0.39, 0.29) is 12.6 Å². The number of rotatable bonds is 3. The lowest BCUT2D eigenvalue weighted by Gasteiger charge is -2.02. The predicted octanol–water partition coefficient (Wildman–Crippen LogP) is 2.31. The van der Waals surface area contributed by atoms with Crippen LogP contribution >= 0.6 is 0 Å². The lowest BCUT2D eigenvalue weighted by molar-refractivity contribution is 0.0468. The first-order valence-electron chi connectivity index (χ1n) is 5.83. The molecule has 0 fully saturated rings. The molecule has 1 aromatic carbocycles. The van der Waals surface area contributed by atoms with E-state index in [2.05, 4.69) is 15.0 Å². The first-order valence-corrected chi connectivity index (χ1v) is 5.83. The van der Waals surface area contributed by atoms with Crippen LogP contribution in [0.3, 0.4) is 0 Å². The summed E-state index contributed by atoms with van der Waals surface area (Å²) in [6.07, 6.45) is 3.18. The Labute approximate surface area is 109 Å². The Bertz CT molecular complexity index is 674. The number of hydrogen-bond acceptors (Lipinski definition) is 4. The predicted molar refractivity (Wildman–Crippen MR) is 69.5 cm³/mol. The molecule has 0 bridgehead atoms. The van der Waals surface area contributed by atoms with Crippen molar-refractivity contribution in [1.82, 2.24) is 15.0 Å². The second kappa shape index (κ2) is 4.89. The molecule has 5 nitrogen and oxygen atoms in total. The van der Waals surface area contributed by atoms with E-state index in [1.807, 2.05) is 12.1 Å². The van der Waals surface area contributed by atoms with E-state index < -0.39 is 0 Å². The van der Waals surface area contributed by atoms with Crippen molar-refractivity contribution in [2.24, 2.45) is 0 Å². The van der Waals surface area contributed by atoms with E-state index >= 15 is 0 Å². The number of H-pyrrole nitrogens is 1. The molecule has 94 valence electrons. The average molecular weight is 253 g/mol. The Morgan fingerprint density at radius 2 is 2.11 bits per heavy atom. The van der Waals surface area contributed by atoms with Crippen molar-refractivity contribution in [3.63, 3.8) is 0 Å². The fourth-order valence-corrected chi connectivity index (χ4v) is 1.80. The van der Waals surface area contributed by atoms with Crippen molar-refractivity contribution in [2.75, 3.05) is 0 Å². The van der Waals surface area contributed by atoms with Crippen molar-refractivity contribution < 1.29 is 9.53 Å². The Morgan fingerprint density at radius 3 is 2.89 bits per heavy atom. The summed E-state index contributed by atoms with van der Waals surface area (Å²) in [6.45, 7) is 0.185. The van der Waals surface area contributed by atoms with Gasteiger partial charge < -0.3 is 9.72 Å². The molecule has 3 aromatic rings. The van der Waals surface area contributed by atoms with Gasteiger partial charge in [0.2, 0.25) is 0 Å². The van der Waals surface area contributed by atoms with Crippen molar-refractivity contribution in [2.45, 2.75) is 6.61 Å². The highest BCUT2D eigenvalue weighted by Crippen LogP contribution is 2.12. The van der Waals surface area contributed by atoms with Gasteiger partial charge in [-0.25, -0.2) is 14.8 Å². The number of esters is 1. The summed E-state index contributed by atoms with van der Waals surface area (Å²) in [7, 11) is 0. The summed E-state index contributed by atoms with van der Waals surface area (Å²) in [5.41, 5.74) is 2.07. The second-order valence-electron chi connectivity index (χ2n) is 4.06. The molecule has 0 aliphatic rings. The van der Waals surface area contributed by atoms with Gasteiger partial charge in [-0.15, -0.1) is 0 Å². The molecule has 0 amide bonds. The van der Waals surface area contributed by atoms with Gasteiger partial charge in [0.05, 0.1) is 11.3 Å². The molecule has 0 spiro atoms. The van der Waals surface area contributed by atoms with Gasteiger partial charge in [-0.3, -0.25) is 0 Å². The van der Waals surface area contributed by atoms with Crippen LogP contribution in [0.25, 0.3) is 11.0 Å². The highest BCUT2D eigenvalue weighted by atomic mass is 16.5. The smallest absolute Gasteiger partial charge is 0.338 e. The van der Waals surface area contributed by atoms with Crippen LogP contribution < -0.4 is 0 Å². The molecule has 2 heterocycles. The standard InChI is InChI=1S/C14H11N3O2/c18-14(10-4-2-1-3-5-10)19-8-12-6-11-7-15-9-16-13(11)17-12/h1-7,9H,8H2,(H,15,16,17). The maximum Gasteiger partial charge on any atom is 0.338 e.